The highest BCUT2D eigenvalue weighted by Gasteiger charge is 2.24. The van der Waals surface area contributed by atoms with E-state index in [2.05, 4.69) is 13.0 Å². The Kier molecular flexibility index (Phi) is 3.44. The molecule has 0 bridgehead atoms. The van der Waals surface area contributed by atoms with Crippen molar-refractivity contribution in [1.29, 1.82) is 0 Å². The quantitative estimate of drug-likeness (QED) is 0.644. The maximum Gasteiger partial charge on any atom is 0.419 e. The van der Waals surface area contributed by atoms with Gasteiger partial charge in [-0.15, -0.1) is 0 Å². The summed E-state index contributed by atoms with van der Waals surface area (Å²) in [5.41, 5.74) is 2.49. The maximum absolute atomic E-state index is 12.7. The van der Waals surface area contributed by atoms with Gasteiger partial charge < -0.3 is 4.74 Å². The van der Waals surface area contributed by atoms with E-state index in [9.17, 15) is 4.79 Å². The first-order valence-electron chi connectivity index (χ1n) is 7.66. The Hall–Kier alpha value is -2.29. The molecule has 0 N–H and O–H groups in total. The zero-order chi connectivity index (χ0) is 15.9. The summed E-state index contributed by atoms with van der Waals surface area (Å²) >= 11 is 0. The molecule has 3 aromatic rings. The highest BCUT2D eigenvalue weighted by Crippen LogP contribution is 2.30. The molecule has 3 rings (SSSR count). The van der Waals surface area contributed by atoms with E-state index in [1.54, 1.807) is 4.57 Å². The number of aromatic nitrogens is 1. The minimum absolute atomic E-state index is 0.318. The minimum Gasteiger partial charge on any atom is -0.443 e. The summed E-state index contributed by atoms with van der Waals surface area (Å²) in [7, 11) is 0. The Bertz CT molecular complexity index is 858. The van der Waals surface area contributed by atoms with Crippen molar-refractivity contribution in [3.8, 4) is 0 Å². The van der Waals surface area contributed by atoms with Gasteiger partial charge in [-0.1, -0.05) is 36.8 Å². The van der Waals surface area contributed by atoms with Gasteiger partial charge >= 0.3 is 6.09 Å². The van der Waals surface area contributed by atoms with E-state index >= 15 is 0 Å². The molecule has 0 unspecified atom stereocenters. The molecular formula is C19H21NO2. The summed E-state index contributed by atoms with van der Waals surface area (Å²) in [5.74, 6) is 0. The first-order chi connectivity index (χ1) is 10.4. The highest BCUT2D eigenvalue weighted by atomic mass is 16.6. The van der Waals surface area contributed by atoms with E-state index in [1.165, 1.54) is 5.56 Å². The van der Waals surface area contributed by atoms with Gasteiger partial charge in [-0.3, -0.25) is 0 Å². The van der Waals surface area contributed by atoms with Crippen LogP contribution in [0.1, 0.15) is 32.8 Å². The second kappa shape index (κ2) is 5.16. The fraction of sp³-hybridized carbons (Fsp3) is 0.316. The van der Waals surface area contributed by atoms with Crippen molar-refractivity contribution < 1.29 is 9.53 Å². The van der Waals surface area contributed by atoms with Gasteiger partial charge in [0.25, 0.3) is 0 Å². The SMILES string of the molecule is CCC(C)(C)OC(=O)n1c2ccccc2c2cc(C)ccc21. The van der Waals surface area contributed by atoms with Crippen LogP contribution in [0.3, 0.4) is 0 Å². The van der Waals surface area contributed by atoms with E-state index < -0.39 is 5.60 Å². The van der Waals surface area contributed by atoms with E-state index in [4.69, 9.17) is 4.74 Å². The molecule has 0 aliphatic carbocycles. The van der Waals surface area contributed by atoms with Crippen molar-refractivity contribution in [2.24, 2.45) is 0 Å². The van der Waals surface area contributed by atoms with Gasteiger partial charge in [0, 0.05) is 10.8 Å². The van der Waals surface area contributed by atoms with Crippen molar-refractivity contribution in [2.75, 3.05) is 0 Å². The third-order valence-corrected chi connectivity index (χ3v) is 4.23. The topological polar surface area (TPSA) is 31.2 Å². The normalized spacial score (nSPS) is 12.0. The van der Waals surface area contributed by atoms with Crippen LogP contribution in [-0.2, 0) is 4.74 Å². The fourth-order valence-electron chi connectivity index (χ4n) is 2.64. The Morgan fingerprint density at radius 3 is 2.50 bits per heavy atom. The summed E-state index contributed by atoms with van der Waals surface area (Å²) in [6.45, 7) is 7.94. The number of hydrogen-bond donors (Lipinski definition) is 0. The summed E-state index contributed by atoms with van der Waals surface area (Å²) in [6.07, 6.45) is 0.455. The molecule has 0 saturated carbocycles. The molecular weight excluding hydrogens is 274 g/mol. The first-order valence-corrected chi connectivity index (χ1v) is 7.66. The minimum atomic E-state index is -0.473. The standard InChI is InChI=1S/C19H21NO2/c1-5-19(3,4)22-18(21)20-16-9-7-6-8-14(16)15-12-13(2)10-11-17(15)20/h6-12H,5H2,1-4H3. The Labute approximate surface area is 130 Å². The van der Waals surface area contributed by atoms with E-state index in [0.29, 0.717) is 0 Å². The zero-order valence-corrected chi connectivity index (χ0v) is 13.5. The number of para-hydroxylation sites is 1. The van der Waals surface area contributed by atoms with Gasteiger partial charge in [-0.25, -0.2) is 9.36 Å². The second-order valence-electron chi connectivity index (χ2n) is 6.35. The Balaban J connectivity index is 2.25. The molecule has 0 radical (unpaired) electrons. The first kappa shape index (κ1) is 14.6. The maximum atomic E-state index is 12.7. The molecule has 3 nitrogen and oxygen atoms in total. The number of nitrogens with zero attached hydrogens (tertiary/aromatic N) is 1. The van der Waals surface area contributed by atoms with Crippen LogP contribution < -0.4 is 0 Å². The van der Waals surface area contributed by atoms with Crippen LogP contribution in [-0.4, -0.2) is 16.3 Å². The van der Waals surface area contributed by atoms with Crippen LogP contribution in [0, 0.1) is 6.92 Å². The summed E-state index contributed by atoms with van der Waals surface area (Å²) < 4.78 is 7.38. The average molecular weight is 295 g/mol. The third kappa shape index (κ3) is 2.37. The van der Waals surface area contributed by atoms with Gasteiger partial charge in [0.15, 0.2) is 0 Å². The molecule has 2 aromatic carbocycles. The largest absolute Gasteiger partial charge is 0.443 e. The van der Waals surface area contributed by atoms with Crippen LogP contribution >= 0.6 is 0 Å². The molecule has 0 saturated heterocycles. The number of hydrogen-bond acceptors (Lipinski definition) is 2. The van der Waals surface area contributed by atoms with Gasteiger partial charge in [0.1, 0.15) is 5.60 Å². The van der Waals surface area contributed by atoms with Crippen LogP contribution in [0.5, 0.6) is 0 Å². The van der Waals surface area contributed by atoms with Gasteiger partial charge in [-0.05, 0) is 45.4 Å². The lowest BCUT2D eigenvalue weighted by molar-refractivity contribution is 0.0385. The molecule has 1 heterocycles. The molecule has 0 fully saturated rings. The molecule has 0 amide bonds. The molecule has 0 spiro atoms. The molecule has 0 atom stereocenters. The monoisotopic (exact) mass is 295 g/mol. The van der Waals surface area contributed by atoms with Crippen molar-refractivity contribution in [1.82, 2.24) is 4.57 Å². The van der Waals surface area contributed by atoms with Gasteiger partial charge in [0.2, 0.25) is 0 Å². The average Bonchev–Trinajstić information content (AvgIpc) is 2.81. The number of carbonyl (C=O) groups excluding carboxylic acids is 1. The van der Waals surface area contributed by atoms with Crippen LogP contribution in [0.25, 0.3) is 21.8 Å². The van der Waals surface area contributed by atoms with Crippen molar-refractivity contribution >= 4 is 27.9 Å². The van der Waals surface area contributed by atoms with Crippen LogP contribution in [0.2, 0.25) is 0 Å². The smallest absolute Gasteiger partial charge is 0.419 e. The molecule has 22 heavy (non-hydrogen) atoms. The van der Waals surface area contributed by atoms with Crippen molar-refractivity contribution in [3.05, 3.63) is 48.0 Å². The predicted molar refractivity (Wildman–Crippen MR) is 90.4 cm³/mol. The molecule has 3 heteroatoms. The van der Waals surface area contributed by atoms with Crippen LogP contribution in [0.4, 0.5) is 4.79 Å². The lowest BCUT2D eigenvalue weighted by atomic mass is 10.1. The third-order valence-electron chi connectivity index (χ3n) is 4.23. The number of carbonyl (C=O) groups is 1. The summed E-state index contributed by atoms with van der Waals surface area (Å²) in [4.78, 5) is 12.7. The second-order valence-corrected chi connectivity index (χ2v) is 6.35. The molecule has 1 aromatic heterocycles. The Morgan fingerprint density at radius 2 is 1.77 bits per heavy atom. The van der Waals surface area contributed by atoms with Crippen LogP contribution in [0.15, 0.2) is 42.5 Å². The number of rotatable bonds is 2. The zero-order valence-electron chi connectivity index (χ0n) is 13.5. The molecule has 0 aliphatic rings. The van der Waals surface area contributed by atoms with E-state index in [-0.39, 0.29) is 6.09 Å². The van der Waals surface area contributed by atoms with Crippen molar-refractivity contribution in [3.63, 3.8) is 0 Å². The molecule has 114 valence electrons. The van der Waals surface area contributed by atoms with E-state index in [1.807, 2.05) is 57.2 Å². The number of fused-ring (bicyclic) bond motifs is 3. The lowest BCUT2D eigenvalue weighted by Crippen LogP contribution is -2.29. The number of benzene rings is 2. The van der Waals surface area contributed by atoms with Gasteiger partial charge in [0.05, 0.1) is 11.0 Å². The lowest BCUT2D eigenvalue weighted by Gasteiger charge is -2.23. The van der Waals surface area contributed by atoms with E-state index in [0.717, 1.165) is 28.2 Å². The van der Waals surface area contributed by atoms with Gasteiger partial charge in [-0.2, -0.15) is 0 Å². The Morgan fingerprint density at radius 1 is 1.09 bits per heavy atom. The predicted octanol–water partition coefficient (Wildman–Crippen LogP) is 5.28. The summed E-state index contributed by atoms with van der Waals surface area (Å²) in [5, 5.41) is 2.16. The highest BCUT2D eigenvalue weighted by molar-refractivity contribution is 6.12. The fourth-order valence-corrected chi connectivity index (χ4v) is 2.64. The summed E-state index contributed by atoms with van der Waals surface area (Å²) in [6, 6.07) is 14.1. The molecule has 0 aliphatic heterocycles. The van der Waals surface area contributed by atoms with Crippen molar-refractivity contribution in [2.45, 2.75) is 39.7 Å². The number of aryl methyl sites for hydroxylation is 1. The number of ether oxygens (including phenoxy) is 1.